The summed E-state index contributed by atoms with van der Waals surface area (Å²) in [4.78, 5) is 10.4. The van der Waals surface area contributed by atoms with Crippen LogP contribution in [0.25, 0.3) is 0 Å². The van der Waals surface area contributed by atoms with Crippen LogP contribution in [0.3, 0.4) is 0 Å². The number of carbonyl (C=O) groups is 1. The van der Waals surface area contributed by atoms with E-state index in [2.05, 4.69) is 16.2 Å². The summed E-state index contributed by atoms with van der Waals surface area (Å²) in [5.74, 6) is -0.0602. The van der Waals surface area contributed by atoms with Gasteiger partial charge in [-0.05, 0) is 7.05 Å². The van der Waals surface area contributed by atoms with Gasteiger partial charge in [0.15, 0.2) is 0 Å². The Labute approximate surface area is 48.6 Å². The van der Waals surface area contributed by atoms with Gasteiger partial charge in [0, 0.05) is 7.05 Å². The highest BCUT2D eigenvalue weighted by atomic mass is 16.2. The molecule has 4 heteroatoms. The van der Waals surface area contributed by atoms with Crippen LogP contribution in [0.5, 0.6) is 0 Å². The summed E-state index contributed by atoms with van der Waals surface area (Å²) in [6.45, 7) is 0.348. The molecular formula is C4H11N3O. The number of nitrogens with one attached hydrogen (secondary N) is 3. The standard InChI is InChI=1S/C4H11N3O/c1-5-3-4(8)7-6-2/h5-6H,3H2,1-2H3,(H,7,8). The maximum Gasteiger partial charge on any atom is 0.248 e. The third-order valence-electron chi connectivity index (χ3n) is 0.602. The van der Waals surface area contributed by atoms with E-state index in [1.807, 2.05) is 0 Å². The van der Waals surface area contributed by atoms with Crippen LogP contribution in [0.4, 0.5) is 0 Å². The fourth-order valence-corrected chi connectivity index (χ4v) is 0.344. The highest BCUT2D eigenvalue weighted by Gasteiger charge is 1.91. The van der Waals surface area contributed by atoms with Crippen LogP contribution < -0.4 is 16.2 Å². The quantitative estimate of drug-likeness (QED) is 0.392. The minimum absolute atomic E-state index is 0.0602. The first-order valence-electron chi connectivity index (χ1n) is 2.41. The van der Waals surface area contributed by atoms with E-state index in [4.69, 9.17) is 0 Å². The van der Waals surface area contributed by atoms with Crippen molar-refractivity contribution in [3.63, 3.8) is 0 Å². The Balaban J connectivity index is 3.06. The largest absolute Gasteiger partial charge is 0.311 e. The highest BCUT2D eigenvalue weighted by molar-refractivity contribution is 5.77. The molecule has 0 bridgehead atoms. The second-order valence-corrected chi connectivity index (χ2v) is 1.33. The predicted molar refractivity (Wildman–Crippen MR) is 31.1 cm³/mol. The van der Waals surface area contributed by atoms with E-state index in [1.54, 1.807) is 14.1 Å². The number of likely N-dealkylation sites (N-methyl/N-ethyl adjacent to an activating group) is 1. The van der Waals surface area contributed by atoms with E-state index in [9.17, 15) is 4.79 Å². The van der Waals surface area contributed by atoms with E-state index in [0.717, 1.165) is 0 Å². The number of rotatable bonds is 3. The second kappa shape index (κ2) is 4.55. The van der Waals surface area contributed by atoms with Gasteiger partial charge < -0.3 is 5.32 Å². The van der Waals surface area contributed by atoms with Crippen molar-refractivity contribution >= 4 is 5.91 Å². The van der Waals surface area contributed by atoms with Crippen LogP contribution in [0.1, 0.15) is 0 Å². The summed E-state index contributed by atoms with van der Waals surface area (Å²) >= 11 is 0. The summed E-state index contributed by atoms with van der Waals surface area (Å²) in [7, 11) is 3.36. The summed E-state index contributed by atoms with van der Waals surface area (Å²) in [5, 5.41) is 2.70. The molecule has 0 unspecified atom stereocenters. The Morgan fingerprint density at radius 2 is 2.12 bits per heavy atom. The molecular weight excluding hydrogens is 106 g/mol. The summed E-state index contributed by atoms with van der Waals surface area (Å²) in [5.41, 5.74) is 4.91. The molecule has 0 aromatic heterocycles. The van der Waals surface area contributed by atoms with Crippen molar-refractivity contribution in [1.82, 2.24) is 16.2 Å². The van der Waals surface area contributed by atoms with Gasteiger partial charge in [-0.3, -0.25) is 10.2 Å². The monoisotopic (exact) mass is 117 g/mol. The molecule has 0 saturated heterocycles. The van der Waals surface area contributed by atoms with Gasteiger partial charge in [-0.1, -0.05) is 0 Å². The zero-order chi connectivity index (χ0) is 6.41. The van der Waals surface area contributed by atoms with Gasteiger partial charge in [0.1, 0.15) is 0 Å². The van der Waals surface area contributed by atoms with Gasteiger partial charge in [0.25, 0.3) is 0 Å². The van der Waals surface area contributed by atoms with Crippen molar-refractivity contribution in [3.8, 4) is 0 Å². The zero-order valence-corrected chi connectivity index (χ0v) is 5.12. The van der Waals surface area contributed by atoms with Crippen LogP contribution in [0.15, 0.2) is 0 Å². The fourth-order valence-electron chi connectivity index (χ4n) is 0.344. The molecule has 1 amide bonds. The summed E-state index contributed by atoms with van der Waals surface area (Å²) in [6, 6.07) is 0. The number of hydrazine groups is 1. The first kappa shape index (κ1) is 7.39. The van der Waals surface area contributed by atoms with Crippen molar-refractivity contribution in [2.45, 2.75) is 0 Å². The van der Waals surface area contributed by atoms with E-state index >= 15 is 0 Å². The van der Waals surface area contributed by atoms with Crippen molar-refractivity contribution in [1.29, 1.82) is 0 Å². The Morgan fingerprint density at radius 1 is 1.50 bits per heavy atom. The molecule has 0 aliphatic carbocycles. The second-order valence-electron chi connectivity index (χ2n) is 1.33. The van der Waals surface area contributed by atoms with E-state index in [1.165, 1.54) is 0 Å². The van der Waals surface area contributed by atoms with Gasteiger partial charge in [-0.15, -0.1) is 0 Å². The third kappa shape index (κ3) is 3.58. The molecule has 0 radical (unpaired) electrons. The van der Waals surface area contributed by atoms with Gasteiger partial charge in [0.05, 0.1) is 6.54 Å². The molecule has 0 aromatic carbocycles. The Morgan fingerprint density at radius 3 is 2.50 bits per heavy atom. The topological polar surface area (TPSA) is 53.2 Å². The lowest BCUT2D eigenvalue weighted by Gasteiger charge is -1.99. The molecule has 4 nitrogen and oxygen atoms in total. The zero-order valence-electron chi connectivity index (χ0n) is 5.12. The van der Waals surface area contributed by atoms with Crippen LogP contribution in [-0.4, -0.2) is 26.5 Å². The first-order valence-corrected chi connectivity index (χ1v) is 2.41. The van der Waals surface area contributed by atoms with E-state index in [0.29, 0.717) is 6.54 Å². The minimum Gasteiger partial charge on any atom is -0.311 e. The highest BCUT2D eigenvalue weighted by Crippen LogP contribution is 1.53. The molecule has 0 aliphatic rings. The van der Waals surface area contributed by atoms with Crippen molar-refractivity contribution in [2.75, 3.05) is 20.6 Å². The molecule has 0 saturated carbocycles. The summed E-state index contributed by atoms with van der Waals surface area (Å²) < 4.78 is 0. The van der Waals surface area contributed by atoms with Gasteiger partial charge >= 0.3 is 0 Å². The lowest BCUT2D eigenvalue weighted by molar-refractivity contribution is -0.120. The number of amides is 1. The summed E-state index contributed by atoms with van der Waals surface area (Å²) in [6.07, 6.45) is 0. The SMILES string of the molecule is CNCC(=O)NNC. The van der Waals surface area contributed by atoms with Gasteiger partial charge in [-0.2, -0.15) is 0 Å². The molecule has 0 aromatic rings. The molecule has 48 valence electrons. The Hall–Kier alpha value is -0.610. The molecule has 8 heavy (non-hydrogen) atoms. The van der Waals surface area contributed by atoms with Crippen LogP contribution in [0, 0.1) is 0 Å². The molecule has 0 rings (SSSR count). The molecule has 3 N–H and O–H groups in total. The fraction of sp³-hybridized carbons (Fsp3) is 0.750. The Kier molecular flexibility index (Phi) is 4.20. The molecule has 0 aliphatic heterocycles. The van der Waals surface area contributed by atoms with Gasteiger partial charge in [-0.25, -0.2) is 5.43 Å². The van der Waals surface area contributed by atoms with Crippen molar-refractivity contribution in [3.05, 3.63) is 0 Å². The third-order valence-corrected chi connectivity index (χ3v) is 0.602. The van der Waals surface area contributed by atoms with E-state index in [-0.39, 0.29) is 5.91 Å². The molecule has 0 fully saturated rings. The minimum atomic E-state index is -0.0602. The number of hydrogen-bond donors (Lipinski definition) is 3. The van der Waals surface area contributed by atoms with Crippen LogP contribution in [0.2, 0.25) is 0 Å². The lowest BCUT2D eigenvalue weighted by atomic mass is 10.6. The normalized spacial score (nSPS) is 8.75. The van der Waals surface area contributed by atoms with E-state index < -0.39 is 0 Å². The molecule has 0 atom stereocenters. The lowest BCUT2D eigenvalue weighted by Crippen LogP contribution is -2.39. The Bertz CT molecular complexity index is 65.7. The van der Waals surface area contributed by atoms with Crippen molar-refractivity contribution in [2.24, 2.45) is 0 Å². The maximum absolute atomic E-state index is 10.4. The molecule has 0 spiro atoms. The van der Waals surface area contributed by atoms with Gasteiger partial charge in [0.2, 0.25) is 5.91 Å². The van der Waals surface area contributed by atoms with Crippen LogP contribution in [-0.2, 0) is 4.79 Å². The number of hydrogen-bond acceptors (Lipinski definition) is 3. The van der Waals surface area contributed by atoms with Crippen molar-refractivity contribution < 1.29 is 4.79 Å². The molecule has 0 heterocycles. The smallest absolute Gasteiger partial charge is 0.248 e. The maximum atomic E-state index is 10.4. The predicted octanol–water partition coefficient (Wildman–Crippen LogP) is -1.54. The average molecular weight is 117 g/mol. The average Bonchev–Trinajstić information content (AvgIpc) is 1.68. The first-order chi connectivity index (χ1) is 3.81. The van der Waals surface area contributed by atoms with Crippen LogP contribution >= 0.6 is 0 Å². The number of carbonyl (C=O) groups excluding carboxylic acids is 1.